The highest BCUT2D eigenvalue weighted by Gasteiger charge is 2.24. The molecule has 6 nitrogen and oxygen atoms in total. The first-order valence-electron chi connectivity index (χ1n) is 7.08. The maximum atomic E-state index is 13.4. The number of benzene rings is 2. The summed E-state index contributed by atoms with van der Waals surface area (Å²) in [5.74, 6) is -0.849. The van der Waals surface area contributed by atoms with Crippen LogP contribution in [0.25, 0.3) is 22.3 Å². The summed E-state index contributed by atoms with van der Waals surface area (Å²) in [6, 6.07) is 6.49. The molecule has 0 spiro atoms. The molecule has 0 atom stereocenters. The first kappa shape index (κ1) is 16.9. The Bertz CT molecular complexity index is 1080. The van der Waals surface area contributed by atoms with Gasteiger partial charge in [-0.2, -0.15) is 0 Å². The number of nitrogens with zero attached hydrogens (tertiary/aromatic N) is 1. The van der Waals surface area contributed by atoms with Gasteiger partial charge in [-0.05, 0) is 36.8 Å². The molecular weight excluding hydrogens is 353 g/mol. The Balaban J connectivity index is 2.45. The van der Waals surface area contributed by atoms with Crippen LogP contribution in [0.15, 0.2) is 39.5 Å². The molecule has 0 unspecified atom stereocenters. The van der Waals surface area contributed by atoms with Crippen LogP contribution in [0.4, 0.5) is 10.1 Å². The van der Waals surface area contributed by atoms with Crippen LogP contribution in [-0.4, -0.2) is 12.0 Å². The number of halogens is 2. The third kappa shape index (κ3) is 2.83. The Morgan fingerprint density at radius 2 is 2.00 bits per heavy atom. The van der Waals surface area contributed by atoms with Crippen LogP contribution in [-0.2, 0) is 0 Å². The summed E-state index contributed by atoms with van der Waals surface area (Å²) in [5, 5.41) is 11.2. The molecule has 0 radical (unpaired) electrons. The maximum Gasteiger partial charge on any atom is 0.312 e. The molecule has 0 aliphatic rings. The molecule has 128 valence electrons. The van der Waals surface area contributed by atoms with Gasteiger partial charge in [0.2, 0.25) is 16.8 Å². The van der Waals surface area contributed by atoms with Crippen molar-refractivity contribution in [3.05, 3.63) is 67.1 Å². The molecular formula is C17H11ClFNO5. The van der Waals surface area contributed by atoms with E-state index < -0.39 is 16.2 Å². The zero-order valence-electron chi connectivity index (χ0n) is 13.1. The summed E-state index contributed by atoms with van der Waals surface area (Å²) in [7, 11) is 1.27. The fourth-order valence-electron chi connectivity index (χ4n) is 2.55. The van der Waals surface area contributed by atoms with Crippen molar-refractivity contribution in [3.8, 4) is 17.1 Å². The van der Waals surface area contributed by atoms with Gasteiger partial charge in [-0.25, -0.2) is 4.39 Å². The highest BCUT2D eigenvalue weighted by Crippen LogP contribution is 2.36. The quantitative estimate of drug-likeness (QED) is 0.506. The number of non-ortho nitro benzene ring substituents is 1. The van der Waals surface area contributed by atoms with E-state index in [1.165, 1.54) is 31.4 Å². The standard InChI is InChI=1S/C17H11ClFNO5/c1-8-5-10-14(21)17(24-2)15(9-3-4-12(19)11(18)7-9)25-16(10)13(6-8)20(22)23/h3-7H,1-2H3. The van der Waals surface area contributed by atoms with Gasteiger partial charge in [-0.1, -0.05) is 11.6 Å². The van der Waals surface area contributed by atoms with Crippen molar-refractivity contribution in [1.29, 1.82) is 0 Å². The Labute approximate surface area is 145 Å². The van der Waals surface area contributed by atoms with E-state index in [0.717, 1.165) is 6.07 Å². The number of methoxy groups -OCH3 is 1. The molecule has 0 fully saturated rings. The largest absolute Gasteiger partial charge is 0.490 e. The van der Waals surface area contributed by atoms with Crippen molar-refractivity contribution in [1.82, 2.24) is 0 Å². The SMILES string of the molecule is COc1c(-c2ccc(F)c(Cl)c2)oc2c([N+](=O)[O-])cc(C)cc2c1=O. The normalized spacial score (nSPS) is 10.9. The lowest BCUT2D eigenvalue weighted by atomic mass is 10.1. The van der Waals surface area contributed by atoms with E-state index in [1.54, 1.807) is 6.92 Å². The van der Waals surface area contributed by atoms with Gasteiger partial charge in [0.1, 0.15) is 5.82 Å². The van der Waals surface area contributed by atoms with Crippen molar-refractivity contribution in [3.63, 3.8) is 0 Å². The summed E-state index contributed by atoms with van der Waals surface area (Å²) in [6.07, 6.45) is 0. The second-order valence-corrected chi connectivity index (χ2v) is 5.75. The van der Waals surface area contributed by atoms with Crippen LogP contribution in [0.5, 0.6) is 5.75 Å². The first-order valence-corrected chi connectivity index (χ1v) is 7.46. The second kappa shape index (κ2) is 6.18. The summed E-state index contributed by atoms with van der Waals surface area (Å²) < 4.78 is 24.2. The zero-order valence-corrected chi connectivity index (χ0v) is 13.9. The topological polar surface area (TPSA) is 82.6 Å². The summed E-state index contributed by atoms with van der Waals surface area (Å²) in [4.78, 5) is 23.4. The highest BCUT2D eigenvalue weighted by atomic mass is 35.5. The lowest BCUT2D eigenvalue weighted by molar-refractivity contribution is -0.383. The fourth-order valence-corrected chi connectivity index (χ4v) is 2.73. The van der Waals surface area contributed by atoms with Gasteiger partial charge in [-0.3, -0.25) is 14.9 Å². The van der Waals surface area contributed by atoms with Crippen LogP contribution in [0.2, 0.25) is 5.02 Å². The van der Waals surface area contributed by atoms with Crippen LogP contribution in [0.3, 0.4) is 0 Å². The smallest absolute Gasteiger partial charge is 0.312 e. The van der Waals surface area contributed by atoms with Crippen molar-refractivity contribution in [2.75, 3.05) is 7.11 Å². The molecule has 0 aliphatic carbocycles. The lowest BCUT2D eigenvalue weighted by Gasteiger charge is -2.10. The molecule has 3 aromatic rings. The second-order valence-electron chi connectivity index (χ2n) is 5.34. The van der Waals surface area contributed by atoms with Gasteiger partial charge in [0, 0.05) is 11.6 Å². The molecule has 0 aliphatic heterocycles. The van der Waals surface area contributed by atoms with Crippen molar-refractivity contribution in [2.24, 2.45) is 0 Å². The Morgan fingerprint density at radius 1 is 1.28 bits per heavy atom. The number of ether oxygens (including phenoxy) is 1. The average molecular weight is 364 g/mol. The minimum absolute atomic E-state index is 0.0282. The third-order valence-corrected chi connectivity index (χ3v) is 3.95. The van der Waals surface area contributed by atoms with Crippen molar-refractivity contribution in [2.45, 2.75) is 6.92 Å². The summed E-state index contributed by atoms with van der Waals surface area (Å²) >= 11 is 5.78. The third-order valence-electron chi connectivity index (χ3n) is 3.66. The predicted octanol–water partition coefficient (Wildman–Crippen LogP) is 4.48. The molecule has 0 saturated carbocycles. The summed E-state index contributed by atoms with van der Waals surface area (Å²) in [5.41, 5.74) is -0.296. The Morgan fingerprint density at radius 3 is 2.60 bits per heavy atom. The Hall–Kier alpha value is -2.93. The van der Waals surface area contributed by atoms with Gasteiger partial charge in [0.05, 0.1) is 22.4 Å². The lowest BCUT2D eigenvalue weighted by Crippen LogP contribution is -2.09. The van der Waals surface area contributed by atoms with Gasteiger partial charge in [0.25, 0.3) is 0 Å². The van der Waals surface area contributed by atoms with E-state index in [4.69, 9.17) is 20.8 Å². The molecule has 0 bridgehead atoms. The molecule has 0 saturated heterocycles. The number of aryl methyl sites for hydroxylation is 1. The minimum Gasteiger partial charge on any atom is -0.490 e. The summed E-state index contributed by atoms with van der Waals surface area (Å²) in [6.45, 7) is 1.63. The van der Waals surface area contributed by atoms with E-state index in [9.17, 15) is 19.3 Å². The maximum absolute atomic E-state index is 13.4. The predicted molar refractivity (Wildman–Crippen MR) is 90.8 cm³/mol. The van der Waals surface area contributed by atoms with E-state index in [-0.39, 0.29) is 38.8 Å². The number of hydrogen-bond acceptors (Lipinski definition) is 5. The average Bonchev–Trinajstić information content (AvgIpc) is 2.57. The molecule has 25 heavy (non-hydrogen) atoms. The van der Waals surface area contributed by atoms with Gasteiger partial charge >= 0.3 is 5.69 Å². The molecule has 1 aromatic heterocycles. The molecule has 8 heteroatoms. The van der Waals surface area contributed by atoms with E-state index in [0.29, 0.717) is 5.56 Å². The number of nitro benzene ring substituents is 1. The molecule has 3 rings (SSSR count). The van der Waals surface area contributed by atoms with Crippen LogP contribution in [0.1, 0.15) is 5.56 Å². The van der Waals surface area contributed by atoms with Gasteiger partial charge < -0.3 is 9.15 Å². The molecule has 1 heterocycles. The van der Waals surface area contributed by atoms with Crippen LogP contribution in [0, 0.1) is 22.9 Å². The van der Waals surface area contributed by atoms with E-state index in [1.807, 2.05) is 0 Å². The van der Waals surface area contributed by atoms with Crippen LogP contribution < -0.4 is 10.2 Å². The van der Waals surface area contributed by atoms with Crippen molar-refractivity contribution < 1.29 is 18.5 Å². The highest BCUT2D eigenvalue weighted by molar-refractivity contribution is 6.31. The first-order chi connectivity index (χ1) is 11.8. The number of rotatable bonds is 3. The van der Waals surface area contributed by atoms with E-state index in [2.05, 4.69) is 0 Å². The molecule has 2 aromatic carbocycles. The van der Waals surface area contributed by atoms with Crippen LogP contribution >= 0.6 is 11.6 Å². The Kier molecular flexibility index (Phi) is 4.18. The fraction of sp³-hybridized carbons (Fsp3) is 0.118. The van der Waals surface area contributed by atoms with Gasteiger partial charge in [0.15, 0.2) is 5.76 Å². The monoisotopic (exact) mass is 363 g/mol. The van der Waals surface area contributed by atoms with Crippen molar-refractivity contribution >= 4 is 28.3 Å². The van der Waals surface area contributed by atoms with Gasteiger partial charge in [-0.15, -0.1) is 0 Å². The number of fused-ring (bicyclic) bond motifs is 1. The number of hydrogen-bond donors (Lipinski definition) is 0. The van der Waals surface area contributed by atoms with E-state index >= 15 is 0 Å². The zero-order chi connectivity index (χ0) is 18.3. The molecule has 0 N–H and O–H groups in total. The molecule has 0 amide bonds. The number of nitro groups is 1. The minimum atomic E-state index is -0.644.